The van der Waals surface area contributed by atoms with Crippen LogP contribution in [0.3, 0.4) is 0 Å². The molecule has 3 fully saturated rings. The summed E-state index contributed by atoms with van der Waals surface area (Å²) in [7, 11) is 0. The molecule has 0 bridgehead atoms. The Bertz CT molecular complexity index is 920. The second kappa shape index (κ2) is 8.47. The maximum absolute atomic E-state index is 12.6. The molecule has 34 heavy (non-hydrogen) atoms. The average Bonchev–Trinajstić information content (AvgIpc) is 3.35. The zero-order valence-corrected chi connectivity index (χ0v) is 20.8. The van der Waals surface area contributed by atoms with E-state index in [4.69, 9.17) is 30.5 Å². The summed E-state index contributed by atoms with van der Waals surface area (Å²) in [5.41, 5.74) is -3.38. The van der Waals surface area contributed by atoms with Gasteiger partial charge >= 0.3 is 17.9 Å². The SMILES string of the molecule is CC(=O)OC1CCC(CCl)=CC2OC(=O)C(C)C2(O)C(O)C2C3(C)OC3CC(OC(C)=O)C12C. The lowest BCUT2D eigenvalue weighted by Crippen LogP contribution is -2.68. The summed E-state index contributed by atoms with van der Waals surface area (Å²) in [6.07, 6.45) is -1.93. The standard InChI is InChI=1S/C24H33ClO9/c1-11-21(29)33-18-8-14(10-25)6-7-15(31-12(2)26)22(4)16(32-13(3)27)9-17-23(5,34-17)19(22)20(28)24(11,18)30/h8,11,15-20,28,30H,6-7,9-10H2,1-5H3. The number of aliphatic hydroxyl groups is 2. The predicted molar refractivity (Wildman–Crippen MR) is 119 cm³/mol. The molecule has 2 saturated heterocycles. The van der Waals surface area contributed by atoms with E-state index in [9.17, 15) is 24.6 Å². The Labute approximate surface area is 203 Å². The number of carbonyl (C=O) groups is 3. The largest absolute Gasteiger partial charge is 0.462 e. The molecule has 2 aliphatic heterocycles. The van der Waals surface area contributed by atoms with E-state index in [1.165, 1.54) is 20.8 Å². The fraction of sp³-hybridized carbons (Fsp3) is 0.792. The molecule has 9 nitrogen and oxygen atoms in total. The number of rotatable bonds is 3. The van der Waals surface area contributed by atoms with Crippen molar-refractivity contribution >= 4 is 29.5 Å². The van der Waals surface area contributed by atoms with Gasteiger partial charge in [0, 0.05) is 37.5 Å². The predicted octanol–water partition coefficient (Wildman–Crippen LogP) is 1.65. The van der Waals surface area contributed by atoms with E-state index in [1.807, 2.05) is 6.92 Å². The normalized spacial score (nSPS) is 47.8. The maximum Gasteiger partial charge on any atom is 0.312 e. The van der Waals surface area contributed by atoms with Crippen LogP contribution in [-0.2, 0) is 33.3 Å². The van der Waals surface area contributed by atoms with Crippen molar-refractivity contribution in [3.8, 4) is 0 Å². The third-order valence-corrected chi connectivity index (χ3v) is 8.86. The number of alkyl halides is 1. The summed E-state index contributed by atoms with van der Waals surface area (Å²) in [5, 5.41) is 23.9. The van der Waals surface area contributed by atoms with Gasteiger partial charge in [-0.1, -0.05) is 12.5 Å². The highest BCUT2D eigenvalue weighted by atomic mass is 35.5. The van der Waals surface area contributed by atoms with E-state index < -0.39 is 70.8 Å². The highest BCUT2D eigenvalue weighted by Gasteiger charge is 2.76. The number of carbonyl (C=O) groups excluding carboxylic acids is 3. The second-order valence-corrected chi connectivity index (χ2v) is 10.7. The van der Waals surface area contributed by atoms with E-state index in [0.717, 1.165) is 0 Å². The number of allylic oxidation sites excluding steroid dienone is 1. The first-order chi connectivity index (χ1) is 15.8. The number of halogens is 1. The van der Waals surface area contributed by atoms with Crippen LogP contribution in [0.15, 0.2) is 11.6 Å². The molecule has 0 amide bonds. The Morgan fingerprint density at radius 3 is 2.41 bits per heavy atom. The minimum Gasteiger partial charge on any atom is -0.462 e. The van der Waals surface area contributed by atoms with Gasteiger partial charge in [0.2, 0.25) is 0 Å². The van der Waals surface area contributed by atoms with Crippen molar-refractivity contribution < 1.29 is 43.5 Å². The van der Waals surface area contributed by atoms with Crippen LogP contribution in [0.4, 0.5) is 0 Å². The number of aliphatic hydroxyl groups excluding tert-OH is 1. The lowest BCUT2D eigenvalue weighted by molar-refractivity contribution is -0.224. The molecule has 0 aromatic rings. The molecule has 2 heterocycles. The molecule has 10 heteroatoms. The first kappa shape index (κ1) is 25.4. The first-order valence-electron chi connectivity index (χ1n) is 11.7. The molecule has 190 valence electrons. The van der Waals surface area contributed by atoms with E-state index in [0.29, 0.717) is 24.8 Å². The lowest BCUT2D eigenvalue weighted by Gasteiger charge is -2.55. The quantitative estimate of drug-likeness (QED) is 0.195. The third-order valence-electron chi connectivity index (χ3n) is 8.52. The van der Waals surface area contributed by atoms with Crippen LogP contribution >= 0.6 is 11.6 Å². The molecule has 2 N–H and O–H groups in total. The van der Waals surface area contributed by atoms with Gasteiger partial charge in [0.05, 0.1) is 23.7 Å². The van der Waals surface area contributed by atoms with Crippen molar-refractivity contribution in [2.24, 2.45) is 17.3 Å². The molecular formula is C24H33ClO9. The molecule has 4 rings (SSSR count). The molecule has 0 aromatic heterocycles. The molecule has 0 aromatic carbocycles. The van der Waals surface area contributed by atoms with E-state index in [-0.39, 0.29) is 12.0 Å². The van der Waals surface area contributed by atoms with Crippen molar-refractivity contribution in [3.05, 3.63) is 11.6 Å². The Balaban J connectivity index is 1.93. The Kier molecular flexibility index (Phi) is 6.33. The topological polar surface area (TPSA) is 132 Å². The lowest BCUT2D eigenvalue weighted by atomic mass is 9.53. The summed E-state index contributed by atoms with van der Waals surface area (Å²) in [4.78, 5) is 36.8. The molecule has 2 aliphatic carbocycles. The zero-order chi connectivity index (χ0) is 25.2. The molecule has 0 spiro atoms. The van der Waals surface area contributed by atoms with Crippen LogP contribution in [-0.4, -0.2) is 75.7 Å². The van der Waals surface area contributed by atoms with Crippen molar-refractivity contribution in [2.45, 2.75) is 95.6 Å². The Morgan fingerprint density at radius 2 is 1.82 bits per heavy atom. The van der Waals surface area contributed by atoms with Crippen LogP contribution in [0.2, 0.25) is 0 Å². The second-order valence-electron chi connectivity index (χ2n) is 10.5. The van der Waals surface area contributed by atoms with Gasteiger partial charge in [-0.3, -0.25) is 14.4 Å². The van der Waals surface area contributed by atoms with Gasteiger partial charge in [0.1, 0.15) is 17.8 Å². The van der Waals surface area contributed by atoms with Gasteiger partial charge in [0.15, 0.2) is 6.10 Å². The monoisotopic (exact) mass is 500 g/mol. The molecule has 10 unspecified atom stereocenters. The summed E-state index contributed by atoms with van der Waals surface area (Å²) in [5.74, 6) is -3.50. The fourth-order valence-corrected chi connectivity index (χ4v) is 6.79. The van der Waals surface area contributed by atoms with E-state index in [2.05, 4.69) is 0 Å². The first-order valence-corrected chi connectivity index (χ1v) is 12.2. The summed E-state index contributed by atoms with van der Waals surface area (Å²) >= 11 is 6.17. The summed E-state index contributed by atoms with van der Waals surface area (Å²) < 4.78 is 23.1. The molecule has 0 radical (unpaired) electrons. The van der Waals surface area contributed by atoms with Gasteiger partial charge in [-0.05, 0) is 32.8 Å². The highest BCUT2D eigenvalue weighted by molar-refractivity contribution is 6.19. The highest BCUT2D eigenvalue weighted by Crippen LogP contribution is 2.64. The van der Waals surface area contributed by atoms with Gasteiger partial charge in [-0.25, -0.2) is 0 Å². The Morgan fingerprint density at radius 1 is 1.21 bits per heavy atom. The van der Waals surface area contributed by atoms with Crippen LogP contribution in [0.5, 0.6) is 0 Å². The van der Waals surface area contributed by atoms with Gasteiger partial charge in [-0.2, -0.15) is 0 Å². The van der Waals surface area contributed by atoms with Crippen molar-refractivity contribution in [3.63, 3.8) is 0 Å². The zero-order valence-electron chi connectivity index (χ0n) is 20.1. The van der Waals surface area contributed by atoms with Crippen LogP contribution < -0.4 is 0 Å². The number of hydrogen-bond donors (Lipinski definition) is 2. The minimum absolute atomic E-state index is 0.0951. The maximum atomic E-state index is 12.6. The number of ether oxygens (including phenoxy) is 4. The molecule has 10 atom stereocenters. The van der Waals surface area contributed by atoms with Crippen LogP contribution in [0.1, 0.15) is 53.9 Å². The number of hydrogen-bond acceptors (Lipinski definition) is 9. The number of fused-ring (bicyclic) bond motifs is 4. The van der Waals surface area contributed by atoms with Crippen molar-refractivity contribution in [1.29, 1.82) is 0 Å². The van der Waals surface area contributed by atoms with Crippen LogP contribution in [0.25, 0.3) is 0 Å². The summed E-state index contributed by atoms with van der Waals surface area (Å²) in [6, 6.07) is 0. The van der Waals surface area contributed by atoms with Crippen molar-refractivity contribution in [2.75, 3.05) is 5.88 Å². The molecule has 1 saturated carbocycles. The summed E-state index contributed by atoms with van der Waals surface area (Å²) in [6.45, 7) is 7.71. The third kappa shape index (κ3) is 3.67. The minimum atomic E-state index is -2.00. The smallest absolute Gasteiger partial charge is 0.312 e. The van der Waals surface area contributed by atoms with Crippen molar-refractivity contribution in [1.82, 2.24) is 0 Å². The van der Waals surface area contributed by atoms with Gasteiger partial charge in [0.25, 0.3) is 0 Å². The van der Waals surface area contributed by atoms with E-state index >= 15 is 0 Å². The Hall–Kier alpha value is -1.68. The number of epoxide rings is 1. The molecule has 4 aliphatic rings. The van der Waals surface area contributed by atoms with Gasteiger partial charge in [-0.15, -0.1) is 11.6 Å². The average molecular weight is 501 g/mol. The van der Waals surface area contributed by atoms with Gasteiger partial charge < -0.3 is 29.2 Å². The van der Waals surface area contributed by atoms with E-state index in [1.54, 1.807) is 13.0 Å². The fourth-order valence-electron chi connectivity index (χ4n) is 6.57. The van der Waals surface area contributed by atoms with Crippen LogP contribution in [0, 0.1) is 17.3 Å². The number of esters is 3. The molecular weight excluding hydrogens is 468 g/mol.